The molecule has 2 amide bonds. The van der Waals surface area contributed by atoms with Crippen LogP contribution in [0.15, 0.2) is 54.2 Å². The quantitative estimate of drug-likeness (QED) is 0.482. The van der Waals surface area contributed by atoms with Crippen LogP contribution in [0.4, 0.5) is 5.69 Å². The summed E-state index contributed by atoms with van der Waals surface area (Å²) in [4.78, 5) is 30.4. The van der Waals surface area contributed by atoms with Gasteiger partial charge in [0.15, 0.2) is 0 Å². The zero-order valence-corrected chi connectivity index (χ0v) is 18.1. The SMILES string of the molecule is CCOCCCN1C(=O)C(c2ccc(OC)cc2)=C(N2CCCc3ccccc32)C1=O. The van der Waals surface area contributed by atoms with Crippen molar-refractivity contribution in [2.45, 2.75) is 26.2 Å². The first-order chi connectivity index (χ1) is 15.2. The molecule has 162 valence electrons. The van der Waals surface area contributed by atoms with Gasteiger partial charge >= 0.3 is 0 Å². The Bertz CT molecular complexity index is 997. The number of para-hydroxylation sites is 1. The largest absolute Gasteiger partial charge is 0.497 e. The molecule has 31 heavy (non-hydrogen) atoms. The van der Waals surface area contributed by atoms with Crippen LogP contribution in [0, 0.1) is 0 Å². The first kappa shape index (κ1) is 21.1. The Hall–Kier alpha value is -3.12. The third-order valence-corrected chi connectivity index (χ3v) is 5.78. The molecule has 0 saturated heterocycles. The maximum Gasteiger partial charge on any atom is 0.278 e. The van der Waals surface area contributed by atoms with Gasteiger partial charge in [0.2, 0.25) is 0 Å². The lowest BCUT2D eigenvalue weighted by Crippen LogP contribution is -2.37. The molecule has 4 rings (SSSR count). The van der Waals surface area contributed by atoms with Crippen LogP contribution in [-0.2, 0) is 20.7 Å². The van der Waals surface area contributed by atoms with E-state index in [0.29, 0.717) is 49.7 Å². The normalized spacial score (nSPS) is 16.2. The maximum absolute atomic E-state index is 13.5. The second kappa shape index (κ2) is 9.35. The Labute approximate surface area is 183 Å². The average Bonchev–Trinajstić information content (AvgIpc) is 3.06. The summed E-state index contributed by atoms with van der Waals surface area (Å²) in [5, 5.41) is 0. The predicted molar refractivity (Wildman–Crippen MR) is 120 cm³/mol. The first-order valence-electron chi connectivity index (χ1n) is 10.8. The van der Waals surface area contributed by atoms with E-state index in [0.717, 1.165) is 24.1 Å². The summed E-state index contributed by atoms with van der Waals surface area (Å²) in [6.07, 6.45) is 2.52. The van der Waals surface area contributed by atoms with E-state index in [2.05, 4.69) is 6.07 Å². The number of carbonyl (C=O) groups is 2. The minimum atomic E-state index is -0.246. The van der Waals surface area contributed by atoms with Gasteiger partial charge in [-0.1, -0.05) is 30.3 Å². The molecule has 2 aliphatic heterocycles. The summed E-state index contributed by atoms with van der Waals surface area (Å²) in [7, 11) is 1.61. The number of rotatable bonds is 8. The van der Waals surface area contributed by atoms with E-state index in [9.17, 15) is 9.59 Å². The molecule has 0 atom stereocenters. The topological polar surface area (TPSA) is 59.1 Å². The van der Waals surface area contributed by atoms with Crippen LogP contribution in [0.5, 0.6) is 5.75 Å². The Kier molecular flexibility index (Phi) is 6.37. The fraction of sp³-hybridized carbons (Fsp3) is 0.360. The van der Waals surface area contributed by atoms with Crippen molar-refractivity contribution in [2.75, 3.05) is 38.3 Å². The van der Waals surface area contributed by atoms with Crippen molar-refractivity contribution in [1.29, 1.82) is 0 Å². The minimum absolute atomic E-state index is 0.232. The Balaban J connectivity index is 1.75. The molecule has 0 N–H and O–H groups in total. The third-order valence-electron chi connectivity index (χ3n) is 5.78. The zero-order valence-electron chi connectivity index (χ0n) is 18.1. The summed E-state index contributed by atoms with van der Waals surface area (Å²) in [6, 6.07) is 15.4. The molecule has 0 saturated carbocycles. The summed E-state index contributed by atoms with van der Waals surface area (Å²) >= 11 is 0. The highest BCUT2D eigenvalue weighted by Crippen LogP contribution is 2.38. The van der Waals surface area contributed by atoms with Crippen LogP contribution < -0.4 is 9.64 Å². The highest BCUT2D eigenvalue weighted by molar-refractivity contribution is 6.36. The number of nitrogens with zero attached hydrogens (tertiary/aromatic N) is 2. The Morgan fingerprint density at radius 2 is 1.77 bits per heavy atom. The lowest BCUT2D eigenvalue weighted by molar-refractivity contribution is -0.137. The van der Waals surface area contributed by atoms with Crippen LogP contribution in [-0.4, -0.2) is 50.1 Å². The van der Waals surface area contributed by atoms with Gasteiger partial charge in [0, 0.05) is 32.0 Å². The maximum atomic E-state index is 13.5. The predicted octanol–water partition coefficient (Wildman–Crippen LogP) is 3.65. The molecule has 6 nitrogen and oxygen atoms in total. The van der Waals surface area contributed by atoms with Crippen molar-refractivity contribution in [1.82, 2.24) is 4.90 Å². The van der Waals surface area contributed by atoms with Crippen LogP contribution >= 0.6 is 0 Å². The van der Waals surface area contributed by atoms with Gasteiger partial charge in [0.05, 0.1) is 12.7 Å². The van der Waals surface area contributed by atoms with Gasteiger partial charge in [0.1, 0.15) is 11.4 Å². The molecule has 0 spiro atoms. The Morgan fingerprint density at radius 1 is 1.00 bits per heavy atom. The van der Waals surface area contributed by atoms with E-state index in [1.807, 2.05) is 54.3 Å². The summed E-state index contributed by atoms with van der Waals surface area (Å²) < 4.78 is 10.7. The first-order valence-corrected chi connectivity index (χ1v) is 10.8. The van der Waals surface area contributed by atoms with E-state index in [4.69, 9.17) is 9.47 Å². The number of hydrogen-bond donors (Lipinski definition) is 0. The van der Waals surface area contributed by atoms with Crippen LogP contribution in [0.2, 0.25) is 0 Å². The van der Waals surface area contributed by atoms with E-state index in [1.165, 1.54) is 10.5 Å². The fourth-order valence-corrected chi connectivity index (χ4v) is 4.27. The number of imide groups is 1. The van der Waals surface area contributed by atoms with Crippen molar-refractivity contribution in [3.8, 4) is 5.75 Å². The second-order valence-electron chi connectivity index (χ2n) is 7.65. The molecular weight excluding hydrogens is 392 g/mol. The van der Waals surface area contributed by atoms with Crippen molar-refractivity contribution in [2.24, 2.45) is 0 Å². The molecule has 2 aromatic rings. The number of aryl methyl sites for hydroxylation is 1. The smallest absolute Gasteiger partial charge is 0.278 e. The average molecular weight is 421 g/mol. The number of amides is 2. The van der Waals surface area contributed by atoms with Crippen LogP contribution in [0.3, 0.4) is 0 Å². The van der Waals surface area contributed by atoms with E-state index < -0.39 is 0 Å². The Morgan fingerprint density at radius 3 is 2.52 bits per heavy atom. The van der Waals surface area contributed by atoms with Crippen LogP contribution in [0.25, 0.3) is 5.57 Å². The number of methoxy groups -OCH3 is 1. The van der Waals surface area contributed by atoms with Gasteiger partial charge in [-0.05, 0) is 55.5 Å². The summed E-state index contributed by atoms with van der Waals surface area (Å²) in [6.45, 7) is 4.12. The van der Waals surface area contributed by atoms with E-state index in [-0.39, 0.29) is 11.8 Å². The fourth-order valence-electron chi connectivity index (χ4n) is 4.27. The molecule has 6 heteroatoms. The van der Waals surface area contributed by atoms with Gasteiger partial charge in [-0.15, -0.1) is 0 Å². The molecular formula is C25H28N2O4. The van der Waals surface area contributed by atoms with Gasteiger partial charge in [0.25, 0.3) is 11.8 Å². The monoisotopic (exact) mass is 420 g/mol. The zero-order chi connectivity index (χ0) is 21.8. The number of ether oxygens (including phenoxy) is 2. The molecule has 2 heterocycles. The molecule has 0 aromatic heterocycles. The van der Waals surface area contributed by atoms with Crippen molar-refractivity contribution in [3.05, 3.63) is 65.4 Å². The number of benzene rings is 2. The third kappa shape index (κ3) is 4.08. The molecule has 0 bridgehead atoms. The number of carbonyl (C=O) groups excluding carboxylic acids is 2. The second-order valence-corrected chi connectivity index (χ2v) is 7.65. The molecule has 2 aliphatic rings. The number of anilines is 1. The van der Waals surface area contributed by atoms with E-state index >= 15 is 0 Å². The summed E-state index contributed by atoms with van der Waals surface area (Å²) in [5.41, 5.74) is 3.86. The standard InChI is InChI=1S/C25H28N2O4/c1-3-31-17-7-16-27-24(28)22(19-11-13-20(30-2)14-12-19)23(25(27)29)26-15-6-9-18-8-4-5-10-21(18)26/h4-5,8,10-14H,3,6-7,9,15-17H2,1-2H3. The lowest BCUT2D eigenvalue weighted by Gasteiger charge is -2.32. The number of fused-ring (bicyclic) bond motifs is 1. The van der Waals surface area contributed by atoms with E-state index in [1.54, 1.807) is 7.11 Å². The van der Waals surface area contributed by atoms with Crippen molar-refractivity contribution < 1.29 is 19.1 Å². The lowest BCUT2D eigenvalue weighted by atomic mass is 9.98. The van der Waals surface area contributed by atoms with Gasteiger partial charge < -0.3 is 14.4 Å². The van der Waals surface area contributed by atoms with Crippen molar-refractivity contribution >= 4 is 23.1 Å². The summed E-state index contributed by atoms with van der Waals surface area (Å²) in [5.74, 6) is 0.230. The van der Waals surface area contributed by atoms with Crippen molar-refractivity contribution in [3.63, 3.8) is 0 Å². The molecule has 0 radical (unpaired) electrons. The molecule has 0 unspecified atom stereocenters. The van der Waals surface area contributed by atoms with Gasteiger partial charge in [-0.3, -0.25) is 14.5 Å². The number of hydrogen-bond acceptors (Lipinski definition) is 5. The van der Waals surface area contributed by atoms with Gasteiger partial charge in [-0.25, -0.2) is 0 Å². The van der Waals surface area contributed by atoms with Crippen LogP contribution in [0.1, 0.15) is 30.9 Å². The molecule has 0 aliphatic carbocycles. The highest BCUT2D eigenvalue weighted by Gasteiger charge is 2.42. The van der Waals surface area contributed by atoms with Gasteiger partial charge in [-0.2, -0.15) is 0 Å². The molecule has 0 fully saturated rings. The molecule has 2 aromatic carbocycles. The minimum Gasteiger partial charge on any atom is -0.497 e. The highest BCUT2D eigenvalue weighted by atomic mass is 16.5.